The summed E-state index contributed by atoms with van der Waals surface area (Å²) in [6, 6.07) is 5.97. The number of thiazole rings is 1. The zero-order chi connectivity index (χ0) is 15.7. The zero-order valence-electron chi connectivity index (χ0n) is 12.1. The van der Waals surface area contributed by atoms with Crippen LogP contribution < -0.4 is 5.32 Å². The number of hydrogen-bond acceptors (Lipinski definition) is 5. The standard InChI is InChI=1S/C14H14N4O2S2/c1-9(19)16-13-7-18(8-15-13)6-10-3-4-11-12(5-10)21-14(17-11)22(2)20/h3-5,7-8H,6H2,1-2H3,(H,16,19). The molecule has 114 valence electrons. The third-order valence-corrected chi connectivity index (χ3v) is 5.33. The Kier molecular flexibility index (Phi) is 4.04. The Bertz CT molecular complexity index is 869. The summed E-state index contributed by atoms with van der Waals surface area (Å²) in [5.74, 6) is 0.395. The average molecular weight is 334 g/mol. The van der Waals surface area contributed by atoms with Crippen molar-refractivity contribution in [2.24, 2.45) is 0 Å². The minimum atomic E-state index is -1.06. The minimum absolute atomic E-state index is 0.142. The summed E-state index contributed by atoms with van der Waals surface area (Å²) in [4.78, 5) is 19.5. The van der Waals surface area contributed by atoms with Crippen LogP contribution in [0.25, 0.3) is 10.2 Å². The fraction of sp³-hybridized carbons (Fsp3) is 0.214. The lowest BCUT2D eigenvalue weighted by Gasteiger charge is -2.02. The van der Waals surface area contributed by atoms with Gasteiger partial charge in [0.05, 0.1) is 27.3 Å². The van der Waals surface area contributed by atoms with E-state index in [9.17, 15) is 9.00 Å². The molecule has 0 fully saturated rings. The second kappa shape index (κ2) is 5.98. The lowest BCUT2D eigenvalue weighted by molar-refractivity contribution is -0.114. The maximum absolute atomic E-state index is 11.5. The van der Waals surface area contributed by atoms with Crippen molar-refractivity contribution in [1.29, 1.82) is 0 Å². The number of benzene rings is 1. The molecule has 0 aliphatic rings. The van der Waals surface area contributed by atoms with Gasteiger partial charge in [0.25, 0.3) is 0 Å². The van der Waals surface area contributed by atoms with Crippen LogP contribution in [0.3, 0.4) is 0 Å². The molecule has 0 radical (unpaired) electrons. The highest BCUT2D eigenvalue weighted by molar-refractivity contribution is 7.86. The van der Waals surface area contributed by atoms with E-state index in [-0.39, 0.29) is 5.91 Å². The highest BCUT2D eigenvalue weighted by atomic mass is 32.2. The van der Waals surface area contributed by atoms with Crippen LogP contribution in [0.1, 0.15) is 12.5 Å². The molecule has 2 heterocycles. The van der Waals surface area contributed by atoms with E-state index in [4.69, 9.17) is 0 Å². The monoisotopic (exact) mass is 334 g/mol. The molecule has 1 N–H and O–H groups in total. The molecule has 0 saturated heterocycles. The number of amides is 1. The number of rotatable bonds is 4. The summed E-state index contributed by atoms with van der Waals surface area (Å²) in [7, 11) is -1.06. The molecular formula is C14H14N4O2S2. The second-order valence-electron chi connectivity index (χ2n) is 4.85. The number of carbonyl (C=O) groups is 1. The fourth-order valence-electron chi connectivity index (χ4n) is 2.07. The summed E-state index contributed by atoms with van der Waals surface area (Å²) in [6.07, 6.45) is 5.09. The molecule has 2 aromatic heterocycles. The van der Waals surface area contributed by atoms with E-state index in [1.54, 1.807) is 18.8 Å². The Morgan fingerprint density at radius 2 is 2.27 bits per heavy atom. The van der Waals surface area contributed by atoms with Crippen LogP contribution in [0.5, 0.6) is 0 Å². The highest BCUT2D eigenvalue weighted by Gasteiger charge is 2.08. The molecular weight excluding hydrogens is 320 g/mol. The summed E-state index contributed by atoms with van der Waals surface area (Å²) in [6.45, 7) is 2.09. The Balaban J connectivity index is 1.82. The molecule has 0 spiro atoms. The number of anilines is 1. The molecule has 0 aliphatic heterocycles. The summed E-state index contributed by atoms with van der Waals surface area (Å²) < 4.78 is 15.0. The van der Waals surface area contributed by atoms with Crippen molar-refractivity contribution in [2.45, 2.75) is 17.8 Å². The van der Waals surface area contributed by atoms with Gasteiger partial charge in [-0.2, -0.15) is 0 Å². The highest BCUT2D eigenvalue weighted by Crippen LogP contribution is 2.25. The molecule has 8 heteroatoms. The van der Waals surface area contributed by atoms with E-state index in [1.165, 1.54) is 18.3 Å². The van der Waals surface area contributed by atoms with Gasteiger partial charge in [0, 0.05) is 25.9 Å². The maximum Gasteiger partial charge on any atom is 0.222 e. The molecule has 1 amide bonds. The first-order chi connectivity index (χ1) is 10.5. The number of imidazole rings is 1. The van der Waals surface area contributed by atoms with Gasteiger partial charge in [-0.05, 0) is 17.7 Å². The van der Waals surface area contributed by atoms with Gasteiger partial charge in [0.15, 0.2) is 10.2 Å². The van der Waals surface area contributed by atoms with Crippen molar-refractivity contribution in [3.05, 3.63) is 36.3 Å². The van der Waals surface area contributed by atoms with Crippen LogP contribution in [0, 0.1) is 0 Å². The first kappa shape index (κ1) is 14.9. The first-order valence-corrected chi connectivity index (χ1v) is 8.91. The Morgan fingerprint density at radius 3 is 3.00 bits per heavy atom. The number of aromatic nitrogens is 3. The van der Waals surface area contributed by atoms with Gasteiger partial charge in [-0.15, -0.1) is 11.3 Å². The molecule has 3 aromatic rings. The van der Waals surface area contributed by atoms with E-state index < -0.39 is 10.8 Å². The van der Waals surface area contributed by atoms with Crippen LogP contribution in [0.4, 0.5) is 5.82 Å². The topological polar surface area (TPSA) is 76.9 Å². The van der Waals surface area contributed by atoms with Crippen molar-refractivity contribution >= 4 is 44.1 Å². The van der Waals surface area contributed by atoms with Crippen LogP contribution in [0.2, 0.25) is 0 Å². The van der Waals surface area contributed by atoms with Gasteiger partial charge in [-0.1, -0.05) is 6.07 Å². The van der Waals surface area contributed by atoms with Crippen LogP contribution >= 0.6 is 11.3 Å². The summed E-state index contributed by atoms with van der Waals surface area (Å²) >= 11 is 1.45. The summed E-state index contributed by atoms with van der Waals surface area (Å²) in [5.41, 5.74) is 1.96. The van der Waals surface area contributed by atoms with Crippen molar-refractivity contribution in [3.63, 3.8) is 0 Å². The zero-order valence-corrected chi connectivity index (χ0v) is 13.7. The molecule has 0 aliphatic carbocycles. The third kappa shape index (κ3) is 3.23. The van der Waals surface area contributed by atoms with E-state index in [1.807, 2.05) is 22.8 Å². The fourth-order valence-corrected chi connectivity index (χ4v) is 3.80. The molecule has 0 bridgehead atoms. The quantitative estimate of drug-likeness (QED) is 0.794. The predicted octanol–water partition coefficient (Wildman–Crippen LogP) is 2.24. The van der Waals surface area contributed by atoms with E-state index in [0.717, 1.165) is 15.8 Å². The van der Waals surface area contributed by atoms with Crippen LogP contribution in [-0.2, 0) is 22.1 Å². The largest absolute Gasteiger partial charge is 0.331 e. The Hall–Kier alpha value is -2.06. The SMILES string of the molecule is CC(=O)Nc1cn(Cc2ccc3nc(S(C)=O)sc3c2)cn1. The molecule has 1 unspecified atom stereocenters. The van der Waals surface area contributed by atoms with Crippen molar-refractivity contribution in [3.8, 4) is 0 Å². The lowest BCUT2D eigenvalue weighted by Crippen LogP contribution is -2.05. The number of hydrogen-bond donors (Lipinski definition) is 1. The van der Waals surface area contributed by atoms with E-state index >= 15 is 0 Å². The summed E-state index contributed by atoms with van der Waals surface area (Å²) in [5, 5.41) is 2.64. The molecule has 1 aromatic carbocycles. The molecule has 6 nitrogen and oxygen atoms in total. The van der Waals surface area contributed by atoms with Crippen LogP contribution in [0.15, 0.2) is 35.1 Å². The Labute approximate surface area is 133 Å². The van der Waals surface area contributed by atoms with Gasteiger partial charge in [-0.3, -0.25) is 9.00 Å². The number of nitrogens with one attached hydrogen (secondary N) is 1. The minimum Gasteiger partial charge on any atom is -0.331 e. The van der Waals surface area contributed by atoms with E-state index in [2.05, 4.69) is 15.3 Å². The Morgan fingerprint density at radius 1 is 1.45 bits per heavy atom. The normalized spacial score (nSPS) is 12.5. The van der Waals surface area contributed by atoms with Gasteiger partial charge in [0.2, 0.25) is 5.91 Å². The van der Waals surface area contributed by atoms with Crippen molar-refractivity contribution in [1.82, 2.24) is 14.5 Å². The smallest absolute Gasteiger partial charge is 0.222 e. The molecule has 1 atom stereocenters. The van der Waals surface area contributed by atoms with Gasteiger partial charge >= 0.3 is 0 Å². The van der Waals surface area contributed by atoms with Gasteiger partial charge in [0.1, 0.15) is 0 Å². The van der Waals surface area contributed by atoms with Crippen molar-refractivity contribution in [2.75, 3.05) is 11.6 Å². The molecule has 22 heavy (non-hydrogen) atoms. The molecule has 0 saturated carbocycles. The van der Waals surface area contributed by atoms with Crippen molar-refractivity contribution < 1.29 is 9.00 Å². The van der Waals surface area contributed by atoms with Crippen LogP contribution in [-0.4, -0.2) is 30.9 Å². The maximum atomic E-state index is 11.5. The average Bonchev–Trinajstić information content (AvgIpc) is 3.04. The first-order valence-electron chi connectivity index (χ1n) is 6.53. The predicted molar refractivity (Wildman–Crippen MR) is 87.6 cm³/mol. The van der Waals surface area contributed by atoms with E-state index in [0.29, 0.717) is 16.7 Å². The second-order valence-corrected chi connectivity index (χ2v) is 7.43. The number of fused-ring (bicyclic) bond motifs is 1. The van der Waals surface area contributed by atoms with Gasteiger partial charge in [-0.25, -0.2) is 9.97 Å². The molecule has 3 rings (SSSR count). The lowest BCUT2D eigenvalue weighted by atomic mass is 10.2. The number of nitrogens with zero attached hydrogens (tertiary/aromatic N) is 3. The number of carbonyl (C=O) groups excluding carboxylic acids is 1. The third-order valence-electron chi connectivity index (χ3n) is 2.98. The van der Waals surface area contributed by atoms with Gasteiger partial charge < -0.3 is 9.88 Å².